The van der Waals surface area contributed by atoms with Gasteiger partial charge in [-0.3, -0.25) is 0 Å². The molecule has 0 aromatic rings. The Morgan fingerprint density at radius 1 is 0.548 bits per heavy atom. The van der Waals surface area contributed by atoms with E-state index in [1.165, 1.54) is 22.3 Å². The van der Waals surface area contributed by atoms with E-state index in [9.17, 15) is 0 Å². The van der Waals surface area contributed by atoms with Gasteiger partial charge in [0.15, 0.2) is 0 Å². The lowest BCUT2D eigenvalue weighted by molar-refractivity contribution is 0.281. The van der Waals surface area contributed by atoms with E-state index >= 15 is 0 Å². The summed E-state index contributed by atoms with van der Waals surface area (Å²) in [5.41, 5.74) is 7.86. The van der Waals surface area contributed by atoms with Crippen LogP contribution in [0.4, 0.5) is 0 Å². The molecule has 0 amide bonds. The summed E-state index contributed by atoms with van der Waals surface area (Å²) in [5.74, 6) is 1.59. The highest BCUT2D eigenvalue weighted by atomic mass is 16.5. The highest BCUT2D eigenvalue weighted by molar-refractivity contribution is 5.40. The van der Waals surface area contributed by atoms with Crippen molar-refractivity contribution in [2.24, 2.45) is 0 Å². The van der Waals surface area contributed by atoms with Gasteiger partial charge in [-0.25, -0.2) is 0 Å². The molecule has 0 spiro atoms. The molecule has 3 heteroatoms. The Hall–Kier alpha value is -4.76. The van der Waals surface area contributed by atoms with Crippen molar-refractivity contribution in [3.8, 4) is 0 Å². The average Bonchev–Trinajstić information content (AvgIpc) is 2.95. The van der Waals surface area contributed by atoms with E-state index in [1.807, 2.05) is 78.9 Å². The van der Waals surface area contributed by atoms with Gasteiger partial charge in [0.25, 0.3) is 0 Å². The van der Waals surface area contributed by atoms with Crippen molar-refractivity contribution < 1.29 is 9.47 Å². The van der Waals surface area contributed by atoms with Gasteiger partial charge in [0.05, 0.1) is 5.70 Å². The summed E-state index contributed by atoms with van der Waals surface area (Å²) in [6.07, 6.45) is 47.0. The minimum Gasteiger partial charge on any atom is -0.495 e. The van der Waals surface area contributed by atoms with E-state index in [4.69, 9.17) is 9.47 Å². The molecule has 0 aromatic carbocycles. The summed E-state index contributed by atoms with van der Waals surface area (Å²) in [4.78, 5) is 2.01. The smallest absolute Gasteiger partial charge is 0.131 e. The summed E-state index contributed by atoms with van der Waals surface area (Å²) < 4.78 is 12.0. The van der Waals surface area contributed by atoms with E-state index in [0.29, 0.717) is 6.61 Å². The summed E-state index contributed by atoms with van der Waals surface area (Å²) in [7, 11) is 0. The topological polar surface area (TPSA) is 21.7 Å². The molecule has 3 aliphatic heterocycles. The Labute approximate surface area is 253 Å². The molecule has 0 N–H and O–H groups in total. The Bertz CT molecular complexity index is 1480. The lowest BCUT2D eigenvalue weighted by Crippen LogP contribution is -2.10. The van der Waals surface area contributed by atoms with Gasteiger partial charge in [0.1, 0.15) is 24.4 Å². The molecular weight excluding hydrogens is 514 g/mol. The van der Waals surface area contributed by atoms with Crippen molar-refractivity contribution in [3.05, 3.63) is 191 Å². The number of hydrogen-bond donors (Lipinski definition) is 0. The van der Waals surface area contributed by atoms with Crippen molar-refractivity contribution in [3.63, 3.8) is 0 Å². The van der Waals surface area contributed by atoms with Crippen molar-refractivity contribution >= 4 is 0 Å². The summed E-state index contributed by atoms with van der Waals surface area (Å²) in [5, 5.41) is 0. The van der Waals surface area contributed by atoms with E-state index in [2.05, 4.69) is 101 Å². The first kappa shape index (κ1) is 31.8. The molecule has 0 unspecified atom stereocenters. The molecule has 0 atom stereocenters. The summed E-state index contributed by atoms with van der Waals surface area (Å²) in [6.45, 7) is 13.0. The predicted molar refractivity (Wildman–Crippen MR) is 180 cm³/mol. The first-order chi connectivity index (χ1) is 20.3. The number of fused-ring (bicyclic) bond motifs is 3. The second-order valence-electron chi connectivity index (χ2n) is 10.4. The van der Waals surface area contributed by atoms with Crippen LogP contribution in [0.15, 0.2) is 191 Å². The summed E-state index contributed by atoms with van der Waals surface area (Å²) >= 11 is 0. The Morgan fingerprint density at radius 3 is 2.07 bits per heavy atom. The first-order valence-corrected chi connectivity index (χ1v) is 14.3. The van der Waals surface area contributed by atoms with Crippen LogP contribution >= 0.6 is 0 Å². The van der Waals surface area contributed by atoms with Gasteiger partial charge in [-0.15, -0.1) is 0 Å². The van der Waals surface area contributed by atoms with Crippen LogP contribution in [0.1, 0.15) is 41.5 Å². The Kier molecular flexibility index (Phi) is 13.0. The van der Waals surface area contributed by atoms with E-state index in [-0.39, 0.29) is 0 Å². The van der Waals surface area contributed by atoms with Crippen LogP contribution in [-0.2, 0) is 9.47 Å². The lowest BCUT2D eigenvalue weighted by atomic mass is 10.1. The third-order valence-corrected chi connectivity index (χ3v) is 6.28. The first-order valence-electron chi connectivity index (χ1n) is 14.3. The zero-order valence-electron chi connectivity index (χ0n) is 25.7. The van der Waals surface area contributed by atoms with Crippen LogP contribution in [0, 0.1) is 0 Å². The monoisotopic (exact) mass is 557 g/mol. The molecular formula is C39H43NO2. The van der Waals surface area contributed by atoms with Gasteiger partial charge in [0, 0.05) is 12.4 Å². The number of rotatable bonds is 0. The molecule has 42 heavy (non-hydrogen) atoms. The maximum Gasteiger partial charge on any atom is 0.131 e. The standard InChI is InChI=1S/C39H43NO2/c1-31-14-8-7-9-15-32(2)28-33(3)16-12-17-34(4)29-35(5)18-13-27-41-30-37-19-10-11-25-40(37)26-24-39-36(6)21-23-38(42-39)22-20-31/h7-26,28-30H,27H2,1-6H3/b9-7?,14-8?,16-12-,18-13+,26-24?,31-20-,32-15+,33-28+,34-17-,35-29+,37-30?,38-22?. The zero-order valence-corrected chi connectivity index (χ0v) is 25.7. The molecule has 0 aliphatic carbocycles. The largest absolute Gasteiger partial charge is 0.495 e. The van der Waals surface area contributed by atoms with E-state index in [0.717, 1.165) is 28.4 Å². The second kappa shape index (κ2) is 17.1. The minimum atomic E-state index is 0.479. The Morgan fingerprint density at radius 2 is 1.26 bits per heavy atom. The number of allylic oxidation sites excluding steroid dienone is 25. The molecule has 216 valence electrons. The van der Waals surface area contributed by atoms with Crippen LogP contribution in [0.3, 0.4) is 0 Å². The molecule has 3 aliphatic rings. The van der Waals surface area contributed by atoms with Gasteiger partial charge in [-0.2, -0.15) is 0 Å². The van der Waals surface area contributed by atoms with Crippen LogP contribution in [-0.4, -0.2) is 11.5 Å². The van der Waals surface area contributed by atoms with E-state index in [1.54, 1.807) is 6.26 Å². The molecule has 3 rings (SSSR count). The molecule has 0 saturated heterocycles. The van der Waals surface area contributed by atoms with Crippen molar-refractivity contribution in [1.29, 1.82) is 0 Å². The number of ether oxygens (including phenoxy) is 2. The van der Waals surface area contributed by atoms with Gasteiger partial charge in [-0.1, -0.05) is 113 Å². The quantitative estimate of drug-likeness (QED) is 0.296. The highest BCUT2D eigenvalue weighted by Gasteiger charge is 2.09. The maximum absolute atomic E-state index is 6.18. The van der Waals surface area contributed by atoms with Gasteiger partial charge >= 0.3 is 0 Å². The fourth-order valence-corrected chi connectivity index (χ4v) is 4.07. The molecule has 3 nitrogen and oxygen atoms in total. The minimum absolute atomic E-state index is 0.479. The predicted octanol–water partition coefficient (Wildman–Crippen LogP) is 10.5. The highest BCUT2D eigenvalue weighted by Crippen LogP contribution is 2.23. The molecule has 3 heterocycles. The fourth-order valence-electron chi connectivity index (χ4n) is 4.07. The van der Waals surface area contributed by atoms with Crippen LogP contribution in [0.25, 0.3) is 0 Å². The Balaban J connectivity index is 1.86. The molecule has 0 radical (unpaired) electrons. The lowest BCUT2D eigenvalue weighted by Gasteiger charge is -2.20. The van der Waals surface area contributed by atoms with Crippen LogP contribution < -0.4 is 0 Å². The van der Waals surface area contributed by atoms with Crippen LogP contribution in [0.5, 0.6) is 0 Å². The second-order valence-corrected chi connectivity index (χ2v) is 10.4. The molecule has 0 fully saturated rings. The average molecular weight is 558 g/mol. The normalized spacial score (nSPS) is 26.8. The van der Waals surface area contributed by atoms with Crippen molar-refractivity contribution in [2.75, 3.05) is 6.61 Å². The van der Waals surface area contributed by atoms with Gasteiger partial charge < -0.3 is 14.4 Å². The van der Waals surface area contributed by atoms with Gasteiger partial charge in [0.2, 0.25) is 0 Å². The molecule has 0 saturated carbocycles. The molecule has 0 aromatic heterocycles. The number of nitrogens with zero attached hydrogens (tertiary/aromatic N) is 1. The van der Waals surface area contributed by atoms with Crippen molar-refractivity contribution in [2.45, 2.75) is 41.5 Å². The van der Waals surface area contributed by atoms with Gasteiger partial charge in [-0.05, 0) is 83.6 Å². The third-order valence-electron chi connectivity index (χ3n) is 6.28. The maximum atomic E-state index is 6.18. The van der Waals surface area contributed by atoms with E-state index < -0.39 is 0 Å². The molecule has 2 bridgehead atoms. The van der Waals surface area contributed by atoms with Crippen LogP contribution in [0.2, 0.25) is 0 Å². The number of hydrogen-bond acceptors (Lipinski definition) is 3. The van der Waals surface area contributed by atoms with Crippen molar-refractivity contribution in [1.82, 2.24) is 4.90 Å². The SMILES string of the molecule is CC1=C2C=CN3C=CC=CC3=COC/C=C/C(C)=C/C(C)=C\C=C/C(C)=C/C(C)=C/C=CC=C/C(C)=C\C=C(C=C1)O2. The summed E-state index contributed by atoms with van der Waals surface area (Å²) in [6, 6.07) is 0. The third kappa shape index (κ3) is 11.8. The fraction of sp³-hybridized carbons (Fsp3) is 0.179. The zero-order chi connectivity index (χ0) is 30.2.